The highest BCUT2D eigenvalue weighted by Crippen LogP contribution is 2.43. The smallest absolute Gasteiger partial charge is 0.393 e. The molecule has 3 aliphatic rings. The topological polar surface area (TPSA) is 78.1 Å². The molecule has 2 aromatic heterocycles. The zero-order valence-electron chi connectivity index (χ0n) is 18.7. The number of imidazole rings is 1. The van der Waals surface area contributed by atoms with E-state index in [4.69, 9.17) is 11.6 Å². The maximum atomic E-state index is 13.7. The first kappa shape index (κ1) is 23.4. The first-order chi connectivity index (χ1) is 16.0. The molecule has 1 N–H and O–H groups in total. The molecule has 1 aliphatic heterocycles. The maximum Gasteiger partial charge on any atom is 0.419 e. The van der Waals surface area contributed by atoms with Crippen molar-refractivity contribution in [2.75, 3.05) is 19.6 Å². The van der Waals surface area contributed by atoms with Crippen LogP contribution in [0.2, 0.25) is 5.15 Å². The third-order valence-corrected chi connectivity index (χ3v) is 7.68. The van der Waals surface area contributed by atoms with Crippen molar-refractivity contribution in [1.29, 1.82) is 0 Å². The minimum absolute atomic E-state index is 0.0112. The van der Waals surface area contributed by atoms with Gasteiger partial charge in [-0.05, 0) is 55.6 Å². The van der Waals surface area contributed by atoms with Crippen molar-refractivity contribution in [1.82, 2.24) is 19.2 Å². The summed E-state index contributed by atoms with van der Waals surface area (Å²) >= 11 is 6.37. The maximum absolute atomic E-state index is 13.7. The number of carbonyl (C=O) groups excluding carboxylic acids is 2. The fourth-order valence-corrected chi connectivity index (χ4v) is 5.41. The molecular weight excluding hydrogens is 473 g/mol. The molecular formula is C23H26ClF3N4O3. The van der Waals surface area contributed by atoms with Crippen molar-refractivity contribution in [2.45, 2.75) is 63.3 Å². The van der Waals surface area contributed by atoms with Gasteiger partial charge < -0.3 is 14.9 Å². The van der Waals surface area contributed by atoms with Crippen LogP contribution in [0.15, 0.2) is 12.3 Å². The zero-order valence-corrected chi connectivity index (χ0v) is 19.4. The zero-order chi connectivity index (χ0) is 24.4. The molecule has 5 rings (SSSR count). The van der Waals surface area contributed by atoms with Crippen LogP contribution < -0.4 is 0 Å². The van der Waals surface area contributed by atoms with Crippen molar-refractivity contribution in [3.8, 4) is 0 Å². The lowest BCUT2D eigenvalue weighted by atomic mass is 9.83. The van der Waals surface area contributed by atoms with Crippen LogP contribution in [0, 0.1) is 5.92 Å². The van der Waals surface area contributed by atoms with E-state index in [0.29, 0.717) is 31.4 Å². The Balaban J connectivity index is 1.39. The number of fused-ring (bicyclic) bond motifs is 1. The second-order valence-corrected chi connectivity index (χ2v) is 10.1. The predicted octanol–water partition coefficient (Wildman–Crippen LogP) is 3.72. The Labute approximate surface area is 199 Å². The summed E-state index contributed by atoms with van der Waals surface area (Å²) in [5.74, 6) is -0.737. The van der Waals surface area contributed by atoms with Crippen LogP contribution in [0.1, 0.15) is 66.6 Å². The summed E-state index contributed by atoms with van der Waals surface area (Å²) in [6, 6.07) is 1.10. The second kappa shape index (κ2) is 8.41. The van der Waals surface area contributed by atoms with Crippen molar-refractivity contribution >= 4 is 29.1 Å². The number of pyridine rings is 1. The van der Waals surface area contributed by atoms with Crippen LogP contribution in [-0.2, 0) is 11.0 Å². The molecule has 1 saturated heterocycles. The van der Waals surface area contributed by atoms with Gasteiger partial charge in [0.2, 0.25) is 5.91 Å². The molecule has 2 amide bonds. The van der Waals surface area contributed by atoms with Crippen LogP contribution in [0.3, 0.4) is 0 Å². The number of aliphatic hydroxyl groups is 1. The largest absolute Gasteiger partial charge is 0.419 e. The summed E-state index contributed by atoms with van der Waals surface area (Å²) in [5.41, 5.74) is -1.10. The standard InChI is InChI=1S/C23H26ClF3N4O3/c1-12-8-15(4-5-17(12)32)30-7-6-29(11-18(30)33)22(34)19-20(24)31-10-14(13-2-3-13)9-16(21(31)28-19)23(25,26)27/h9-10,12-13,15,17,32H,2-8,11H2,1H3. The van der Waals surface area contributed by atoms with Crippen molar-refractivity contribution in [2.24, 2.45) is 5.92 Å². The first-order valence-corrected chi connectivity index (χ1v) is 12.0. The number of piperazine rings is 1. The Morgan fingerprint density at radius 2 is 1.94 bits per heavy atom. The Kier molecular flexibility index (Phi) is 5.79. The molecule has 0 aromatic carbocycles. The lowest BCUT2D eigenvalue weighted by molar-refractivity contribution is -0.139. The number of rotatable bonds is 3. The third-order valence-electron chi connectivity index (χ3n) is 7.32. The van der Waals surface area contributed by atoms with Crippen molar-refractivity contribution in [3.63, 3.8) is 0 Å². The van der Waals surface area contributed by atoms with E-state index >= 15 is 0 Å². The van der Waals surface area contributed by atoms with Crippen LogP contribution >= 0.6 is 11.6 Å². The van der Waals surface area contributed by atoms with Gasteiger partial charge in [-0.1, -0.05) is 18.5 Å². The molecule has 3 heterocycles. The number of carbonyl (C=O) groups is 2. The minimum atomic E-state index is -4.65. The molecule has 2 saturated carbocycles. The van der Waals surface area contributed by atoms with E-state index in [-0.39, 0.29) is 53.8 Å². The lowest BCUT2D eigenvalue weighted by Gasteiger charge is -2.42. The fourth-order valence-electron chi connectivity index (χ4n) is 5.15. The summed E-state index contributed by atoms with van der Waals surface area (Å²) in [6.45, 7) is 2.33. The van der Waals surface area contributed by atoms with Gasteiger partial charge >= 0.3 is 6.18 Å². The van der Waals surface area contributed by atoms with Gasteiger partial charge in [0.05, 0.1) is 11.7 Å². The molecule has 2 aromatic rings. The molecule has 3 atom stereocenters. The SMILES string of the molecule is CC1CC(N2CCN(C(=O)c3nc4c(C(F)(F)F)cc(C5CC5)cn4c3Cl)CC2=O)CCC1O. The van der Waals surface area contributed by atoms with Crippen molar-refractivity contribution < 1.29 is 27.9 Å². The highest BCUT2D eigenvalue weighted by molar-refractivity contribution is 6.33. The monoisotopic (exact) mass is 498 g/mol. The van der Waals surface area contributed by atoms with Gasteiger partial charge in [-0.15, -0.1) is 0 Å². The predicted molar refractivity (Wildman–Crippen MR) is 118 cm³/mol. The summed E-state index contributed by atoms with van der Waals surface area (Å²) < 4.78 is 42.4. The highest BCUT2D eigenvalue weighted by Gasteiger charge is 2.40. The van der Waals surface area contributed by atoms with E-state index < -0.39 is 23.3 Å². The third kappa shape index (κ3) is 4.15. The van der Waals surface area contributed by atoms with Crippen molar-refractivity contribution in [3.05, 3.63) is 34.2 Å². The van der Waals surface area contributed by atoms with E-state index in [2.05, 4.69) is 4.98 Å². The van der Waals surface area contributed by atoms with Crippen LogP contribution in [0.5, 0.6) is 0 Å². The van der Waals surface area contributed by atoms with Crippen LogP contribution in [-0.4, -0.2) is 67.9 Å². The Hall–Kier alpha value is -2.33. The summed E-state index contributed by atoms with van der Waals surface area (Å²) in [6.07, 6.45) is 0.157. The number of aliphatic hydroxyl groups excluding tert-OH is 1. The molecule has 0 spiro atoms. The second-order valence-electron chi connectivity index (χ2n) is 9.73. The van der Waals surface area contributed by atoms with E-state index in [1.165, 1.54) is 11.1 Å². The summed E-state index contributed by atoms with van der Waals surface area (Å²) in [4.78, 5) is 33.1. The van der Waals surface area contributed by atoms with Gasteiger partial charge in [-0.25, -0.2) is 4.98 Å². The fraction of sp³-hybridized carbons (Fsp3) is 0.609. The average Bonchev–Trinajstić information content (AvgIpc) is 3.58. The molecule has 184 valence electrons. The van der Waals surface area contributed by atoms with Gasteiger partial charge in [-0.2, -0.15) is 13.2 Å². The van der Waals surface area contributed by atoms with Gasteiger partial charge in [0.1, 0.15) is 11.7 Å². The minimum Gasteiger partial charge on any atom is -0.393 e. The number of amides is 2. The molecule has 0 radical (unpaired) electrons. The average molecular weight is 499 g/mol. The van der Waals surface area contributed by atoms with Gasteiger partial charge in [0.15, 0.2) is 11.3 Å². The Bertz CT molecular complexity index is 1150. The van der Waals surface area contributed by atoms with Gasteiger partial charge in [0.25, 0.3) is 5.91 Å². The highest BCUT2D eigenvalue weighted by atomic mass is 35.5. The molecule has 0 bridgehead atoms. The van der Waals surface area contributed by atoms with E-state index in [1.54, 1.807) is 4.90 Å². The summed E-state index contributed by atoms with van der Waals surface area (Å²) in [7, 11) is 0. The molecule has 11 heteroatoms. The first-order valence-electron chi connectivity index (χ1n) is 11.6. The van der Waals surface area contributed by atoms with E-state index in [9.17, 15) is 27.9 Å². The molecule has 34 heavy (non-hydrogen) atoms. The number of halogens is 4. The van der Waals surface area contributed by atoms with E-state index in [0.717, 1.165) is 23.3 Å². The normalized spacial score (nSPS) is 26.4. The summed E-state index contributed by atoms with van der Waals surface area (Å²) in [5, 5.41) is 9.78. The molecule has 2 aliphatic carbocycles. The molecule has 3 unspecified atom stereocenters. The number of aromatic nitrogens is 2. The van der Waals surface area contributed by atoms with Gasteiger partial charge in [0, 0.05) is 25.3 Å². The molecule has 7 nitrogen and oxygen atoms in total. The number of hydrogen-bond donors (Lipinski definition) is 1. The molecule has 3 fully saturated rings. The number of alkyl halides is 3. The lowest BCUT2D eigenvalue weighted by Crippen LogP contribution is -2.56. The number of nitrogens with zero attached hydrogens (tertiary/aromatic N) is 4. The van der Waals surface area contributed by atoms with Gasteiger partial charge in [-0.3, -0.25) is 14.0 Å². The van der Waals surface area contributed by atoms with Crippen LogP contribution in [0.25, 0.3) is 5.65 Å². The Morgan fingerprint density at radius 3 is 2.56 bits per heavy atom. The Morgan fingerprint density at radius 1 is 1.21 bits per heavy atom. The number of hydrogen-bond acceptors (Lipinski definition) is 4. The van der Waals surface area contributed by atoms with E-state index in [1.807, 2.05) is 6.92 Å². The quantitative estimate of drug-likeness (QED) is 0.699. The van der Waals surface area contributed by atoms with Crippen LogP contribution in [0.4, 0.5) is 13.2 Å².